The molecule has 0 spiro atoms. The number of rotatable bonds is 7. The molecule has 0 unspecified atom stereocenters. The van der Waals surface area contributed by atoms with Gasteiger partial charge in [-0.3, -0.25) is 4.79 Å². The van der Waals surface area contributed by atoms with Crippen LogP contribution in [0.1, 0.15) is 58.8 Å². The Hall–Kier alpha value is -0.830. The Labute approximate surface area is 143 Å². The minimum Gasteiger partial charge on any atom is -0.382 e. The van der Waals surface area contributed by atoms with Gasteiger partial charge < -0.3 is 5.32 Å². The van der Waals surface area contributed by atoms with Crippen molar-refractivity contribution in [1.29, 1.82) is 0 Å². The van der Waals surface area contributed by atoms with Crippen LogP contribution in [-0.2, 0) is 4.79 Å². The molecule has 1 aliphatic rings. The molecular weight excluding hydrogens is 338 g/mol. The molecule has 2 nitrogen and oxygen atoms in total. The molecule has 0 saturated heterocycles. The molecule has 122 valence electrons. The average molecular weight is 366 g/mol. The van der Waals surface area contributed by atoms with Crippen LogP contribution in [0.25, 0.3) is 0 Å². The lowest BCUT2D eigenvalue weighted by Gasteiger charge is -2.31. The van der Waals surface area contributed by atoms with Crippen molar-refractivity contribution >= 4 is 27.4 Å². The summed E-state index contributed by atoms with van der Waals surface area (Å²) in [6.07, 6.45) is 7.82. The SMILES string of the molecule is CC(C)CC(=O)C[C@H](Nc1cccc(Br)c1)C1CCCCC1. The summed E-state index contributed by atoms with van der Waals surface area (Å²) in [4.78, 5) is 12.3. The monoisotopic (exact) mass is 365 g/mol. The lowest BCUT2D eigenvalue weighted by molar-refractivity contribution is -0.120. The van der Waals surface area contributed by atoms with Crippen molar-refractivity contribution in [3.05, 3.63) is 28.7 Å². The quantitative estimate of drug-likeness (QED) is 0.659. The highest BCUT2D eigenvalue weighted by Crippen LogP contribution is 2.30. The van der Waals surface area contributed by atoms with E-state index in [1.165, 1.54) is 32.1 Å². The second-order valence-corrected chi connectivity index (χ2v) is 7.92. The summed E-state index contributed by atoms with van der Waals surface area (Å²) in [6, 6.07) is 8.54. The zero-order valence-electron chi connectivity index (χ0n) is 13.8. The maximum absolute atomic E-state index is 12.3. The highest BCUT2D eigenvalue weighted by Gasteiger charge is 2.26. The van der Waals surface area contributed by atoms with E-state index in [0.717, 1.165) is 10.2 Å². The summed E-state index contributed by atoms with van der Waals surface area (Å²) in [5, 5.41) is 3.64. The van der Waals surface area contributed by atoms with Gasteiger partial charge in [-0.1, -0.05) is 55.1 Å². The van der Waals surface area contributed by atoms with E-state index in [-0.39, 0.29) is 6.04 Å². The van der Waals surface area contributed by atoms with Gasteiger partial charge >= 0.3 is 0 Å². The third kappa shape index (κ3) is 5.75. The van der Waals surface area contributed by atoms with Crippen LogP contribution in [0.15, 0.2) is 28.7 Å². The highest BCUT2D eigenvalue weighted by atomic mass is 79.9. The summed E-state index contributed by atoms with van der Waals surface area (Å²) in [7, 11) is 0. The van der Waals surface area contributed by atoms with Crippen LogP contribution >= 0.6 is 15.9 Å². The first-order valence-electron chi connectivity index (χ1n) is 8.58. The zero-order valence-corrected chi connectivity index (χ0v) is 15.4. The van der Waals surface area contributed by atoms with E-state index in [1.54, 1.807) is 0 Å². The van der Waals surface area contributed by atoms with Crippen molar-refractivity contribution < 1.29 is 4.79 Å². The molecule has 0 aliphatic heterocycles. The molecule has 0 radical (unpaired) electrons. The van der Waals surface area contributed by atoms with Gasteiger partial charge in [0.05, 0.1) is 0 Å². The smallest absolute Gasteiger partial charge is 0.135 e. The van der Waals surface area contributed by atoms with Crippen LogP contribution in [0.3, 0.4) is 0 Å². The van der Waals surface area contributed by atoms with Crippen LogP contribution in [0.4, 0.5) is 5.69 Å². The Bertz CT molecular complexity index is 480. The van der Waals surface area contributed by atoms with Crippen LogP contribution in [0.2, 0.25) is 0 Å². The van der Waals surface area contributed by atoms with Crippen molar-refractivity contribution in [2.45, 2.75) is 64.8 Å². The van der Waals surface area contributed by atoms with Gasteiger partial charge in [0.25, 0.3) is 0 Å². The van der Waals surface area contributed by atoms with E-state index in [4.69, 9.17) is 0 Å². The van der Waals surface area contributed by atoms with E-state index in [0.29, 0.717) is 30.5 Å². The number of halogens is 1. The van der Waals surface area contributed by atoms with E-state index in [1.807, 2.05) is 12.1 Å². The minimum atomic E-state index is 0.279. The second-order valence-electron chi connectivity index (χ2n) is 7.00. The Morgan fingerprint density at radius 1 is 1.23 bits per heavy atom. The first-order valence-corrected chi connectivity index (χ1v) is 9.37. The van der Waals surface area contributed by atoms with Gasteiger partial charge in [-0.15, -0.1) is 0 Å². The third-order valence-electron chi connectivity index (χ3n) is 4.48. The fourth-order valence-electron chi connectivity index (χ4n) is 3.45. The van der Waals surface area contributed by atoms with E-state index in [9.17, 15) is 4.79 Å². The molecule has 1 aliphatic carbocycles. The lowest BCUT2D eigenvalue weighted by atomic mass is 9.81. The third-order valence-corrected chi connectivity index (χ3v) is 4.97. The molecule has 0 heterocycles. The first kappa shape index (κ1) is 17.5. The first-order chi connectivity index (χ1) is 10.5. The molecular formula is C19H28BrNO. The molecule has 1 N–H and O–H groups in total. The number of benzene rings is 1. The fourth-order valence-corrected chi connectivity index (χ4v) is 3.85. The maximum Gasteiger partial charge on any atom is 0.135 e. The number of carbonyl (C=O) groups excluding carboxylic acids is 1. The topological polar surface area (TPSA) is 29.1 Å². The van der Waals surface area contributed by atoms with Crippen molar-refractivity contribution in [3.63, 3.8) is 0 Å². The Kier molecular flexibility index (Phi) is 6.94. The molecule has 22 heavy (non-hydrogen) atoms. The number of nitrogens with one attached hydrogen (secondary N) is 1. The van der Waals surface area contributed by atoms with Gasteiger partial charge in [0.1, 0.15) is 5.78 Å². The number of hydrogen-bond acceptors (Lipinski definition) is 2. The van der Waals surface area contributed by atoms with Gasteiger partial charge in [-0.05, 0) is 42.9 Å². The Morgan fingerprint density at radius 2 is 1.95 bits per heavy atom. The van der Waals surface area contributed by atoms with E-state index in [2.05, 4.69) is 47.2 Å². The predicted molar refractivity (Wildman–Crippen MR) is 97.2 cm³/mol. The minimum absolute atomic E-state index is 0.279. The van der Waals surface area contributed by atoms with Crippen LogP contribution in [0, 0.1) is 11.8 Å². The standard InChI is InChI=1S/C19H28BrNO/c1-14(2)11-18(22)13-19(15-7-4-3-5-8-15)21-17-10-6-9-16(20)12-17/h6,9-10,12,14-15,19,21H,3-5,7-8,11,13H2,1-2H3/t19-/m0/s1. The number of ketones is 1. The predicted octanol–water partition coefficient (Wildman–Crippen LogP) is 5.82. The Balaban J connectivity index is 2.04. The largest absolute Gasteiger partial charge is 0.382 e. The summed E-state index contributed by atoms with van der Waals surface area (Å²) in [6.45, 7) is 4.24. The van der Waals surface area contributed by atoms with Gasteiger partial charge in [-0.2, -0.15) is 0 Å². The van der Waals surface area contributed by atoms with Crippen molar-refractivity contribution in [2.24, 2.45) is 11.8 Å². The summed E-state index contributed by atoms with van der Waals surface area (Å²) in [5.41, 5.74) is 1.11. The van der Waals surface area contributed by atoms with Crippen molar-refractivity contribution in [1.82, 2.24) is 0 Å². The van der Waals surface area contributed by atoms with Gasteiger partial charge in [-0.25, -0.2) is 0 Å². The lowest BCUT2D eigenvalue weighted by Crippen LogP contribution is -2.33. The molecule has 0 bridgehead atoms. The summed E-state index contributed by atoms with van der Waals surface area (Å²) < 4.78 is 1.08. The molecule has 1 aromatic carbocycles. The van der Waals surface area contributed by atoms with Crippen molar-refractivity contribution in [2.75, 3.05) is 5.32 Å². The second kappa shape index (κ2) is 8.71. The Morgan fingerprint density at radius 3 is 2.59 bits per heavy atom. The fraction of sp³-hybridized carbons (Fsp3) is 0.632. The molecule has 1 atom stereocenters. The summed E-state index contributed by atoms with van der Waals surface area (Å²) in [5.74, 6) is 1.47. The van der Waals surface area contributed by atoms with Gasteiger partial charge in [0.15, 0.2) is 0 Å². The normalized spacial score (nSPS) is 17.5. The number of carbonyl (C=O) groups is 1. The number of hydrogen-bond donors (Lipinski definition) is 1. The van der Waals surface area contributed by atoms with Gasteiger partial charge in [0, 0.05) is 29.0 Å². The van der Waals surface area contributed by atoms with Crippen LogP contribution < -0.4 is 5.32 Å². The molecule has 3 heteroatoms. The molecule has 1 fully saturated rings. The summed E-state index contributed by atoms with van der Waals surface area (Å²) >= 11 is 3.52. The highest BCUT2D eigenvalue weighted by molar-refractivity contribution is 9.10. The van der Waals surface area contributed by atoms with Crippen LogP contribution in [0.5, 0.6) is 0 Å². The number of Topliss-reactive ketones (excluding diaryl/α,β-unsaturated/α-hetero) is 1. The van der Waals surface area contributed by atoms with E-state index < -0.39 is 0 Å². The molecule has 2 rings (SSSR count). The molecule has 0 aromatic heterocycles. The van der Waals surface area contributed by atoms with Crippen molar-refractivity contribution in [3.8, 4) is 0 Å². The molecule has 1 aromatic rings. The van der Waals surface area contributed by atoms with Crippen LogP contribution in [-0.4, -0.2) is 11.8 Å². The molecule has 0 amide bonds. The van der Waals surface area contributed by atoms with E-state index >= 15 is 0 Å². The van der Waals surface area contributed by atoms with Gasteiger partial charge in [0.2, 0.25) is 0 Å². The average Bonchev–Trinajstić information content (AvgIpc) is 2.47. The number of anilines is 1. The zero-order chi connectivity index (χ0) is 15.9. The maximum atomic E-state index is 12.3. The molecule has 1 saturated carbocycles.